The minimum absolute atomic E-state index is 0.158. The lowest BCUT2D eigenvalue weighted by molar-refractivity contribution is -0.120. The van der Waals surface area contributed by atoms with Crippen molar-refractivity contribution in [1.82, 2.24) is 4.90 Å². The molecule has 0 saturated carbocycles. The van der Waals surface area contributed by atoms with Crippen molar-refractivity contribution in [2.75, 3.05) is 37.3 Å². The molecule has 0 unspecified atom stereocenters. The van der Waals surface area contributed by atoms with Gasteiger partial charge in [0.1, 0.15) is 0 Å². The molecular formula is C13H19N3O. The molecular weight excluding hydrogens is 214 g/mol. The second-order valence-electron chi connectivity index (χ2n) is 4.52. The highest BCUT2D eigenvalue weighted by atomic mass is 16.2. The van der Waals surface area contributed by atoms with Crippen molar-refractivity contribution >= 4 is 17.3 Å². The molecule has 1 saturated heterocycles. The van der Waals surface area contributed by atoms with E-state index in [1.54, 1.807) is 0 Å². The molecule has 1 amide bonds. The monoisotopic (exact) mass is 233 g/mol. The maximum Gasteiger partial charge on any atom is 0.241 e. The molecule has 2 N–H and O–H groups in total. The van der Waals surface area contributed by atoms with Crippen LogP contribution < -0.4 is 10.6 Å². The van der Waals surface area contributed by atoms with Crippen LogP contribution in [0.2, 0.25) is 0 Å². The lowest BCUT2D eigenvalue weighted by atomic mass is 10.1. The number of carbonyl (C=O) groups is 1. The first-order chi connectivity index (χ1) is 8.11. The van der Waals surface area contributed by atoms with E-state index in [2.05, 4.69) is 6.92 Å². The predicted molar refractivity (Wildman–Crippen MR) is 70.1 cm³/mol. The predicted octanol–water partition coefficient (Wildman–Crippen LogP) is 1.11. The van der Waals surface area contributed by atoms with Gasteiger partial charge in [-0.25, -0.2) is 0 Å². The third-order valence-corrected chi connectivity index (χ3v) is 3.23. The summed E-state index contributed by atoms with van der Waals surface area (Å²) in [6.45, 7) is 4.23. The van der Waals surface area contributed by atoms with Crippen molar-refractivity contribution in [1.29, 1.82) is 0 Å². The van der Waals surface area contributed by atoms with Crippen molar-refractivity contribution < 1.29 is 4.79 Å². The van der Waals surface area contributed by atoms with E-state index in [-0.39, 0.29) is 5.91 Å². The minimum Gasteiger partial charge on any atom is -0.399 e. The highest BCUT2D eigenvalue weighted by Crippen LogP contribution is 2.23. The Morgan fingerprint density at radius 3 is 2.76 bits per heavy atom. The smallest absolute Gasteiger partial charge is 0.241 e. The largest absolute Gasteiger partial charge is 0.399 e. The normalized spacial score (nSPS) is 17.5. The van der Waals surface area contributed by atoms with Crippen LogP contribution in [0.5, 0.6) is 0 Å². The summed E-state index contributed by atoms with van der Waals surface area (Å²) >= 11 is 0. The van der Waals surface area contributed by atoms with Gasteiger partial charge in [0.05, 0.1) is 6.54 Å². The Kier molecular flexibility index (Phi) is 3.33. The van der Waals surface area contributed by atoms with Crippen molar-refractivity contribution in [3.8, 4) is 0 Å². The van der Waals surface area contributed by atoms with Gasteiger partial charge in [-0.3, -0.25) is 9.69 Å². The average Bonchev–Trinajstić information content (AvgIpc) is 2.30. The van der Waals surface area contributed by atoms with Crippen LogP contribution in [0.25, 0.3) is 0 Å². The van der Waals surface area contributed by atoms with Gasteiger partial charge in [-0.15, -0.1) is 0 Å². The number of aryl methyl sites for hydroxylation is 1. The van der Waals surface area contributed by atoms with Gasteiger partial charge in [0.25, 0.3) is 0 Å². The van der Waals surface area contributed by atoms with Crippen LogP contribution in [0.1, 0.15) is 12.5 Å². The van der Waals surface area contributed by atoms with Gasteiger partial charge in [0, 0.05) is 24.5 Å². The Morgan fingerprint density at radius 2 is 2.12 bits per heavy atom. The SMILES string of the molecule is CCc1cc(N2CCN(C)CC2=O)ccc1N. The van der Waals surface area contributed by atoms with Crippen LogP contribution in [0.15, 0.2) is 18.2 Å². The maximum absolute atomic E-state index is 11.9. The van der Waals surface area contributed by atoms with E-state index in [1.165, 1.54) is 0 Å². The van der Waals surface area contributed by atoms with Crippen molar-refractivity contribution in [2.45, 2.75) is 13.3 Å². The van der Waals surface area contributed by atoms with Crippen LogP contribution >= 0.6 is 0 Å². The van der Waals surface area contributed by atoms with Gasteiger partial charge in [-0.2, -0.15) is 0 Å². The Balaban J connectivity index is 2.25. The minimum atomic E-state index is 0.158. The average molecular weight is 233 g/mol. The summed E-state index contributed by atoms with van der Waals surface area (Å²) in [5.74, 6) is 0.158. The lowest BCUT2D eigenvalue weighted by Crippen LogP contribution is -2.48. The summed E-state index contributed by atoms with van der Waals surface area (Å²) in [6, 6.07) is 5.84. The number of amides is 1. The summed E-state index contributed by atoms with van der Waals surface area (Å²) in [4.78, 5) is 15.8. The molecule has 0 aliphatic carbocycles. The van der Waals surface area contributed by atoms with E-state index in [9.17, 15) is 4.79 Å². The molecule has 1 aliphatic heterocycles. The molecule has 2 rings (SSSR count). The van der Waals surface area contributed by atoms with Crippen molar-refractivity contribution in [3.05, 3.63) is 23.8 Å². The molecule has 1 aromatic carbocycles. The van der Waals surface area contributed by atoms with Crippen LogP contribution in [0.4, 0.5) is 11.4 Å². The fourth-order valence-corrected chi connectivity index (χ4v) is 2.13. The summed E-state index contributed by atoms with van der Waals surface area (Å²) in [7, 11) is 1.97. The molecule has 1 aromatic rings. The fraction of sp³-hybridized carbons (Fsp3) is 0.462. The topological polar surface area (TPSA) is 49.6 Å². The number of anilines is 2. The number of nitrogens with zero attached hydrogens (tertiary/aromatic N) is 2. The number of likely N-dealkylation sites (N-methyl/N-ethyl adjacent to an activating group) is 1. The number of benzene rings is 1. The van der Waals surface area contributed by atoms with Gasteiger partial charge < -0.3 is 10.6 Å². The molecule has 1 heterocycles. The van der Waals surface area contributed by atoms with Gasteiger partial charge in [0.15, 0.2) is 0 Å². The first kappa shape index (κ1) is 11.9. The molecule has 92 valence electrons. The van der Waals surface area contributed by atoms with Gasteiger partial charge in [0.2, 0.25) is 5.91 Å². The van der Waals surface area contributed by atoms with E-state index in [0.717, 1.165) is 36.4 Å². The highest BCUT2D eigenvalue weighted by Gasteiger charge is 2.22. The second-order valence-corrected chi connectivity index (χ2v) is 4.52. The summed E-state index contributed by atoms with van der Waals surface area (Å²) in [6.07, 6.45) is 0.890. The quantitative estimate of drug-likeness (QED) is 0.778. The Hall–Kier alpha value is -1.55. The zero-order valence-corrected chi connectivity index (χ0v) is 10.4. The van der Waals surface area contributed by atoms with E-state index < -0.39 is 0 Å². The number of hydrogen-bond donors (Lipinski definition) is 1. The second kappa shape index (κ2) is 4.75. The van der Waals surface area contributed by atoms with Gasteiger partial charge in [-0.05, 0) is 37.2 Å². The van der Waals surface area contributed by atoms with Gasteiger partial charge >= 0.3 is 0 Å². The molecule has 0 spiro atoms. The number of nitrogens with two attached hydrogens (primary N) is 1. The fourth-order valence-electron chi connectivity index (χ4n) is 2.13. The summed E-state index contributed by atoms with van der Waals surface area (Å²) < 4.78 is 0. The molecule has 4 nitrogen and oxygen atoms in total. The van der Waals surface area contributed by atoms with E-state index in [4.69, 9.17) is 5.73 Å². The van der Waals surface area contributed by atoms with Crippen LogP contribution in [-0.2, 0) is 11.2 Å². The van der Waals surface area contributed by atoms with E-state index in [1.807, 2.05) is 35.0 Å². The molecule has 1 aliphatic rings. The Labute approximate surface area is 102 Å². The van der Waals surface area contributed by atoms with Crippen LogP contribution in [-0.4, -0.2) is 37.5 Å². The number of nitrogen functional groups attached to an aromatic ring is 1. The standard InChI is InChI=1S/C13H19N3O/c1-3-10-8-11(4-5-12(10)14)16-7-6-15(2)9-13(16)17/h4-5,8H,3,6-7,9,14H2,1-2H3. The highest BCUT2D eigenvalue weighted by molar-refractivity contribution is 5.95. The lowest BCUT2D eigenvalue weighted by Gasteiger charge is -2.32. The first-order valence-corrected chi connectivity index (χ1v) is 5.99. The molecule has 0 bridgehead atoms. The molecule has 0 atom stereocenters. The molecule has 1 fully saturated rings. The summed E-state index contributed by atoms with van der Waals surface area (Å²) in [5, 5.41) is 0. The van der Waals surface area contributed by atoms with E-state index in [0.29, 0.717) is 6.54 Å². The third kappa shape index (κ3) is 2.42. The zero-order valence-electron chi connectivity index (χ0n) is 10.4. The van der Waals surface area contributed by atoms with Gasteiger partial charge in [-0.1, -0.05) is 6.92 Å². The maximum atomic E-state index is 11.9. The molecule has 0 aromatic heterocycles. The number of rotatable bonds is 2. The van der Waals surface area contributed by atoms with Crippen LogP contribution in [0.3, 0.4) is 0 Å². The van der Waals surface area contributed by atoms with E-state index >= 15 is 0 Å². The number of hydrogen-bond acceptors (Lipinski definition) is 3. The van der Waals surface area contributed by atoms with Crippen LogP contribution in [0, 0.1) is 0 Å². The number of carbonyl (C=O) groups excluding carboxylic acids is 1. The molecule has 0 radical (unpaired) electrons. The first-order valence-electron chi connectivity index (χ1n) is 5.99. The number of piperazine rings is 1. The Morgan fingerprint density at radius 1 is 1.35 bits per heavy atom. The van der Waals surface area contributed by atoms with Crippen molar-refractivity contribution in [3.63, 3.8) is 0 Å². The zero-order chi connectivity index (χ0) is 12.4. The molecule has 4 heteroatoms. The third-order valence-electron chi connectivity index (χ3n) is 3.23. The molecule has 17 heavy (non-hydrogen) atoms. The summed E-state index contributed by atoms with van der Waals surface area (Å²) in [5.41, 5.74) is 8.75. The Bertz CT molecular complexity index is 431. The van der Waals surface area contributed by atoms with Crippen molar-refractivity contribution in [2.24, 2.45) is 0 Å².